The predicted octanol–water partition coefficient (Wildman–Crippen LogP) is 2.78. The van der Waals surface area contributed by atoms with E-state index in [1.807, 2.05) is 12.1 Å². The van der Waals surface area contributed by atoms with Crippen LogP contribution in [0, 0.1) is 0 Å². The van der Waals surface area contributed by atoms with Crippen molar-refractivity contribution in [2.75, 3.05) is 5.32 Å². The fourth-order valence-corrected chi connectivity index (χ4v) is 4.75. The van der Waals surface area contributed by atoms with Crippen molar-refractivity contribution in [2.24, 2.45) is 7.05 Å². The summed E-state index contributed by atoms with van der Waals surface area (Å²) in [5.41, 5.74) is 1.10. The molecule has 0 aliphatic heterocycles. The van der Waals surface area contributed by atoms with Gasteiger partial charge in [-0.25, -0.2) is 18.4 Å². The molecule has 0 amide bonds. The Kier molecular flexibility index (Phi) is 4.29. The van der Waals surface area contributed by atoms with Gasteiger partial charge in [0.05, 0.1) is 16.8 Å². The minimum Gasteiger partial charge on any atom is -0.346 e. The average Bonchev–Trinajstić information content (AvgIpc) is 3.25. The number of aromatic nitrogens is 5. The van der Waals surface area contributed by atoms with Crippen molar-refractivity contribution < 1.29 is 8.42 Å². The van der Waals surface area contributed by atoms with Crippen molar-refractivity contribution in [1.82, 2.24) is 24.5 Å². The Balaban J connectivity index is 1.58. The SMILES string of the molecule is Cn1c(=O)c(S(=O)(=O)c2ccccc2)cc2cnc(Nc3cnc4[nH]ccc4c3)nc21. The summed E-state index contributed by atoms with van der Waals surface area (Å²) in [6.07, 6.45) is 4.92. The fraction of sp³-hybridized carbons (Fsp3) is 0.0476. The van der Waals surface area contributed by atoms with Crippen molar-refractivity contribution in [3.05, 3.63) is 77.5 Å². The minimum atomic E-state index is -3.97. The lowest BCUT2D eigenvalue weighted by molar-refractivity contribution is 0.593. The number of pyridine rings is 2. The molecule has 5 aromatic rings. The highest BCUT2D eigenvalue weighted by molar-refractivity contribution is 7.91. The van der Waals surface area contributed by atoms with Crippen LogP contribution >= 0.6 is 0 Å². The van der Waals surface area contributed by atoms with Gasteiger partial charge in [0.15, 0.2) is 0 Å². The molecule has 0 fully saturated rings. The first-order chi connectivity index (χ1) is 14.9. The molecule has 2 N–H and O–H groups in total. The second kappa shape index (κ2) is 7.03. The first kappa shape index (κ1) is 18.9. The van der Waals surface area contributed by atoms with Crippen molar-refractivity contribution >= 4 is 43.5 Å². The second-order valence-electron chi connectivity index (χ2n) is 6.93. The van der Waals surface area contributed by atoms with Gasteiger partial charge in [-0.15, -0.1) is 0 Å². The van der Waals surface area contributed by atoms with Crippen LogP contribution in [0.2, 0.25) is 0 Å². The van der Waals surface area contributed by atoms with E-state index in [2.05, 4.69) is 25.3 Å². The van der Waals surface area contributed by atoms with Gasteiger partial charge in [0.2, 0.25) is 15.8 Å². The van der Waals surface area contributed by atoms with E-state index in [1.165, 1.54) is 36.0 Å². The zero-order valence-corrected chi connectivity index (χ0v) is 17.1. The van der Waals surface area contributed by atoms with Gasteiger partial charge >= 0.3 is 0 Å². The molecule has 0 saturated heterocycles. The average molecular weight is 432 g/mol. The van der Waals surface area contributed by atoms with Crippen molar-refractivity contribution in [1.29, 1.82) is 0 Å². The number of anilines is 2. The Hall–Kier alpha value is -4.05. The Morgan fingerprint density at radius 3 is 2.61 bits per heavy atom. The quantitative estimate of drug-likeness (QED) is 0.448. The molecule has 4 heterocycles. The molecule has 0 radical (unpaired) electrons. The van der Waals surface area contributed by atoms with Crippen molar-refractivity contribution in [3.63, 3.8) is 0 Å². The fourth-order valence-electron chi connectivity index (χ4n) is 3.33. The first-order valence-corrected chi connectivity index (χ1v) is 10.8. The van der Waals surface area contributed by atoms with Gasteiger partial charge in [0.1, 0.15) is 16.2 Å². The van der Waals surface area contributed by atoms with Crippen LogP contribution in [0.25, 0.3) is 22.1 Å². The molecule has 10 heteroatoms. The molecule has 0 atom stereocenters. The zero-order valence-electron chi connectivity index (χ0n) is 16.3. The lowest BCUT2D eigenvalue weighted by atomic mass is 10.3. The van der Waals surface area contributed by atoms with Gasteiger partial charge in [-0.05, 0) is 30.3 Å². The van der Waals surface area contributed by atoms with Crippen LogP contribution in [-0.4, -0.2) is 32.9 Å². The number of fused-ring (bicyclic) bond motifs is 2. The van der Waals surface area contributed by atoms with E-state index in [4.69, 9.17) is 0 Å². The van der Waals surface area contributed by atoms with Gasteiger partial charge in [0.25, 0.3) is 5.56 Å². The normalized spacial score (nSPS) is 11.8. The largest absolute Gasteiger partial charge is 0.346 e. The molecule has 0 spiro atoms. The van der Waals surface area contributed by atoms with Gasteiger partial charge in [-0.1, -0.05) is 18.2 Å². The monoisotopic (exact) mass is 432 g/mol. The highest BCUT2D eigenvalue weighted by Gasteiger charge is 2.23. The maximum Gasteiger partial charge on any atom is 0.271 e. The summed E-state index contributed by atoms with van der Waals surface area (Å²) in [7, 11) is -2.49. The minimum absolute atomic E-state index is 0.0540. The van der Waals surface area contributed by atoms with Gasteiger partial charge in [-0.3, -0.25) is 9.36 Å². The standard InChI is InChI=1S/C21H16N6O3S/c1-27-19-14(10-17(20(27)28)31(29,30)16-5-3-2-4-6-16)11-24-21(26-19)25-15-9-13-7-8-22-18(13)23-12-15/h2-12H,1H3,(H,22,23)(H,24,25,26). The number of nitrogens with zero attached hydrogens (tertiary/aromatic N) is 4. The highest BCUT2D eigenvalue weighted by atomic mass is 32.2. The topological polar surface area (TPSA) is 123 Å². The van der Waals surface area contributed by atoms with E-state index >= 15 is 0 Å². The summed E-state index contributed by atoms with van der Waals surface area (Å²) >= 11 is 0. The van der Waals surface area contributed by atoms with Crippen LogP contribution in [0.4, 0.5) is 11.6 Å². The van der Waals surface area contributed by atoms with Crippen LogP contribution < -0.4 is 10.9 Å². The van der Waals surface area contributed by atoms with Gasteiger partial charge in [0, 0.05) is 30.2 Å². The van der Waals surface area contributed by atoms with Gasteiger partial charge < -0.3 is 10.3 Å². The molecule has 0 aliphatic carbocycles. The van der Waals surface area contributed by atoms with Crippen LogP contribution in [-0.2, 0) is 16.9 Å². The van der Waals surface area contributed by atoms with E-state index in [-0.39, 0.29) is 15.7 Å². The summed E-state index contributed by atoms with van der Waals surface area (Å²) in [6, 6.07) is 12.9. The zero-order chi connectivity index (χ0) is 21.6. The molecule has 5 rings (SSSR count). The molecule has 0 unspecified atom stereocenters. The van der Waals surface area contributed by atoms with Crippen LogP contribution in [0.3, 0.4) is 0 Å². The van der Waals surface area contributed by atoms with E-state index in [0.717, 1.165) is 11.0 Å². The number of benzene rings is 1. The summed E-state index contributed by atoms with van der Waals surface area (Å²) in [4.78, 5) is 28.6. The van der Waals surface area contributed by atoms with E-state index in [0.29, 0.717) is 16.7 Å². The highest BCUT2D eigenvalue weighted by Crippen LogP contribution is 2.22. The molecule has 0 saturated carbocycles. The number of nitrogens with one attached hydrogen (secondary N) is 2. The maximum atomic E-state index is 13.0. The molecule has 9 nitrogen and oxygen atoms in total. The molecular weight excluding hydrogens is 416 g/mol. The number of aryl methyl sites for hydroxylation is 1. The van der Waals surface area contributed by atoms with E-state index in [9.17, 15) is 13.2 Å². The smallest absolute Gasteiger partial charge is 0.271 e. The van der Waals surface area contributed by atoms with E-state index < -0.39 is 15.4 Å². The molecular formula is C21H16N6O3S. The third-order valence-electron chi connectivity index (χ3n) is 4.91. The number of aromatic amines is 1. The second-order valence-corrected chi connectivity index (χ2v) is 8.84. The number of hydrogen-bond acceptors (Lipinski definition) is 7. The predicted molar refractivity (Wildman–Crippen MR) is 116 cm³/mol. The molecule has 0 bridgehead atoms. The summed E-state index contributed by atoms with van der Waals surface area (Å²) in [5.74, 6) is 0.262. The third kappa shape index (κ3) is 3.22. The Bertz CT molecular complexity index is 1610. The lowest BCUT2D eigenvalue weighted by Gasteiger charge is -2.10. The van der Waals surface area contributed by atoms with Crippen molar-refractivity contribution in [3.8, 4) is 0 Å². The molecule has 1 aromatic carbocycles. The van der Waals surface area contributed by atoms with Crippen LogP contribution in [0.1, 0.15) is 0 Å². The molecule has 0 aliphatic rings. The molecule has 154 valence electrons. The van der Waals surface area contributed by atoms with E-state index in [1.54, 1.807) is 30.6 Å². The van der Waals surface area contributed by atoms with Crippen molar-refractivity contribution in [2.45, 2.75) is 9.79 Å². The summed E-state index contributed by atoms with van der Waals surface area (Å²) in [6.45, 7) is 0. The first-order valence-electron chi connectivity index (χ1n) is 9.30. The number of hydrogen-bond donors (Lipinski definition) is 2. The Labute approximate surface area is 176 Å². The lowest BCUT2D eigenvalue weighted by Crippen LogP contribution is -2.25. The Morgan fingerprint density at radius 1 is 1.00 bits per heavy atom. The number of rotatable bonds is 4. The van der Waals surface area contributed by atoms with Crippen LogP contribution in [0.5, 0.6) is 0 Å². The number of sulfone groups is 1. The summed E-state index contributed by atoms with van der Waals surface area (Å²) < 4.78 is 27.1. The van der Waals surface area contributed by atoms with Gasteiger partial charge in [-0.2, -0.15) is 4.98 Å². The summed E-state index contributed by atoms with van der Waals surface area (Å²) in [5, 5.41) is 4.42. The molecule has 31 heavy (non-hydrogen) atoms. The van der Waals surface area contributed by atoms with Crippen LogP contribution in [0.15, 0.2) is 81.7 Å². The maximum absolute atomic E-state index is 13.0. The number of H-pyrrole nitrogens is 1. The third-order valence-corrected chi connectivity index (χ3v) is 6.68. The Morgan fingerprint density at radius 2 is 1.81 bits per heavy atom. The molecule has 4 aromatic heterocycles.